The van der Waals surface area contributed by atoms with Crippen LogP contribution in [0.3, 0.4) is 0 Å². The predicted molar refractivity (Wildman–Crippen MR) is 92.6 cm³/mol. The summed E-state index contributed by atoms with van der Waals surface area (Å²) in [6.45, 7) is 2.88. The normalized spacial score (nSPS) is 26.5. The van der Waals surface area contributed by atoms with E-state index in [1.54, 1.807) is 24.7 Å². The third kappa shape index (κ3) is 2.30. The van der Waals surface area contributed by atoms with Crippen LogP contribution < -0.4 is 4.90 Å². The van der Waals surface area contributed by atoms with Gasteiger partial charge in [0.1, 0.15) is 18.0 Å². The van der Waals surface area contributed by atoms with Gasteiger partial charge in [-0.25, -0.2) is 14.4 Å². The quantitative estimate of drug-likeness (QED) is 0.776. The largest absolute Gasteiger partial charge is 0.355 e. The van der Waals surface area contributed by atoms with Gasteiger partial charge in [-0.3, -0.25) is 10.00 Å². The van der Waals surface area contributed by atoms with E-state index in [4.69, 9.17) is 0 Å². The SMILES string of the molecule is CN1C[C@H]2CN(c3ncnc4[nH]ncc34)C[C@H]2[C@@H]1c1cccc(F)c1. The number of aromatic amines is 1. The first-order valence-corrected chi connectivity index (χ1v) is 8.55. The molecule has 0 spiro atoms. The number of rotatable bonds is 2. The number of benzene rings is 1. The molecule has 5 rings (SSSR count). The number of fused-ring (bicyclic) bond motifs is 2. The van der Waals surface area contributed by atoms with Crippen molar-refractivity contribution in [2.75, 3.05) is 31.6 Å². The van der Waals surface area contributed by atoms with Crippen molar-refractivity contribution in [2.45, 2.75) is 6.04 Å². The van der Waals surface area contributed by atoms with E-state index in [1.807, 2.05) is 6.07 Å². The van der Waals surface area contributed by atoms with E-state index < -0.39 is 0 Å². The van der Waals surface area contributed by atoms with Gasteiger partial charge in [-0.2, -0.15) is 5.10 Å². The zero-order valence-electron chi connectivity index (χ0n) is 13.9. The van der Waals surface area contributed by atoms with Gasteiger partial charge in [-0.1, -0.05) is 12.1 Å². The summed E-state index contributed by atoms with van der Waals surface area (Å²) in [6.07, 6.45) is 3.37. The van der Waals surface area contributed by atoms with Crippen molar-refractivity contribution in [1.82, 2.24) is 25.1 Å². The first-order valence-electron chi connectivity index (χ1n) is 8.55. The monoisotopic (exact) mass is 338 g/mol. The number of nitrogens with one attached hydrogen (secondary N) is 1. The summed E-state index contributed by atoms with van der Waals surface area (Å²) in [6, 6.07) is 7.26. The van der Waals surface area contributed by atoms with Crippen molar-refractivity contribution < 1.29 is 4.39 Å². The molecule has 0 aliphatic carbocycles. The van der Waals surface area contributed by atoms with Crippen LogP contribution in [0.25, 0.3) is 11.0 Å². The zero-order chi connectivity index (χ0) is 17.0. The fraction of sp³-hybridized carbons (Fsp3) is 0.389. The second-order valence-electron chi connectivity index (χ2n) is 7.10. The highest BCUT2D eigenvalue weighted by molar-refractivity contribution is 5.86. The summed E-state index contributed by atoms with van der Waals surface area (Å²) in [4.78, 5) is 13.4. The van der Waals surface area contributed by atoms with Crippen molar-refractivity contribution >= 4 is 16.9 Å². The van der Waals surface area contributed by atoms with Gasteiger partial charge in [-0.15, -0.1) is 0 Å². The van der Waals surface area contributed by atoms with Crippen molar-refractivity contribution in [3.63, 3.8) is 0 Å². The van der Waals surface area contributed by atoms with Crippen LogP contribution in [0.15, 0.2) is 36.8 Å². The molecular weight excluding hydrogens is 319 g/mol. The molecule has 2 saturated heterocycles. The minimum atomic E-state index is -0.167. The molecule has 128 valence electrons. The molecule has 7 heteroatoms. The van der Waals surface area contributed by atoms with E-state index in [-0.39, 0.29) is 11.9 Å². The summed E-state index contributed by atoms with van der Waals surface area (Å²) >= 11 is 0. The molecule has 6 nitrogen and oxygen atoms in total. The highest BCUT2D eigenvalue weighted by Crippen LogP contribution is 2.45. The van der Waals surface area contributed by atoms with Crippen LogP contribution in [0.4, 0.5) is 10.2 Å². The molecule has 2 fully saturated rings. The average Bonchev–Trinajstić information content (AvgIpc) is 3.27. The molecule has 3 atom stereocenters. The Morgan fingerprint density at radius 2 is 2.12 bits per heavy atom. The Balaban J connectivity index is 1.47. The van der Waals surface area contributed by atoms with E-state index in [0.29, 0.717) is 11.8 Å². The van der Waals surface area contributed by atoms with Gasteiger partial charge in [0.05, 0.1) is 11.6 Å². The summed E-state index contributed by atoms with van der Waals surface area (Å²) < 4.78 is 13.7. The molecule has 0 bridgehead atoms. The van der Waals surface area contributed by atoms with Gasteiger partial charge in [0.15, 0.2) is 5.65 Å². The van der Waals surface area contributed by atoms with Crippen molar-refractivity contribution in [3.05, 3.63) is 48.2 Å². The molecule has 25 heavy (non-hydrogen) atoms. The smallest absolute Gasteiger partial charge is 0.160 e. The molecule has 0 radical (unpaired) electrons. The maximum atomic E-state index is 13.7. The molecule has 0 saturated carbocycles. The fourth-order valence-corrected chi connectivity index (χ4v) is 4.63. The van der Waals surface area contributed by atoms with Gasteiger partial charge in [-0.05, 0) is 30.7 Å². The number of halogens is 1. The van der Waals surface area contributed by atoms with Gasteiger partial charge in [0.2, 0.25) is 0 Å². The minimum Gasteiger partial charge on any atom is -0.355 e. The Hall–Kier alpha value is -2.54. The fourth-order valence-electron chi connectivity index (χ4n) is 4.63. The number of nitrogens with zero attached hydrogens (tertiary/aromatic N) is 5. The van der Waals surface area contributed by atoms with E-state index in [1.165, 1.54) is 6.07 Å². The summed E-state index contributed by atoms with van der Waals surface area (Å²) in [5, 5.41) is 7.95. The third-order valence-corrected chi connectivity index (χ3v) is 5.61. The van der Waals surface area contributed by atoms with E-state index in [9.17, 15) is 4.39 Å². The molecule has 4 heterocycles. The zero-order valence-corrected chi connectivity index (χ0v) is 13.9. The van der Waals surface area contributed by atoms with Gasteiger partial charge in [0, 0.05) is 31.6 Å². The van der Waals surface area contributed by atoms with Crippen LogP contribution in [0, 0.1) is 17.7 Å². The molecule has 0 unspecified atom stereocenters. The van der Waals surface area contributed by atoms with Crippen LogP contribution in [-0.2, 0) is 0 Å². The van der Waals surface area contributed by atoms with E-state index in [2.05, 4.69) is 37.0 Å². The number of H-pyrrole nitrogens is 1. The molecule has 1 aromatic carbocycles. The maximum absolute atomic E-state index is 13.7. The Morgan fingerprint density at radius 3 is 3.00 bits per heavy atom. The van der Waals surface area contributed by atoms with Crippen LogP contribution in [-0.4, -0.2) is 51.7 Å². The minimum absolute atomic E-state index is 0.167. The van der Waals surface area contributed by atoms with Gasteiger partial charge < -0.3 is 4.90 Å². The summed E-state index contributed by atoms with van der Waals surface area (Å²) in [7, 11) is 2.14. The first-order chi connectivity index (χ1) is 12.2. The van der Waals surface area contributed by atoms with Crippen molar-refractivity contribution in [1.29, 1.82) is 0 Å². The lowest BCUT2D eigenvalue weighted by molar-refractivity contribution is 0.279. The average molecular weight is 338 g/mol. The molecule has 1 N–H and O–H groups in total. The molecular formula is C18H19FN6. The Bertz CT molecular complexity index is 925. The lowest BCUT2D eigenvalue weighted by Crippen LogP contribution is -2.29. The molecule has 2 aliphatic heterocycles. The Kier molecular flexibility index (Phi) is 3.24. The lowest BCUT2D eigenvalue weighted by Gasteiger charge is -2.27. The standard InChI is InChI=1S/C18H19FN6/c1-24-7-12-8-25(18-14-6-22-23-17(14)20-10-21-18)9-15(12)16(24)11-3-2-4-13(19)5-11/h2-6,10,12,15-16H,7-9H2,1H3,(H,20,21,22,23)/t12-,15+,16-/m0/s1. The lowest BCUT2D eigenvalue weighted by atomic mass is 9.89. The number of hydrogen-bond acceptors (Lipinski definition) is 5. The van der Waals surface area contributed by atoms with Gasteiger partial charge >= 0.3 is 0 Å². The highest BCUT2D eigenvalue weighted by Gasteiger charge is 2.46. The van der Waals surface area contributed by atoms with Crippen molar-refractivity contribution in [3.8, 4) is 0 Å². The molecule has 3 aromatic rings. The Labute approximate surface area is 144 Å². The Morgan fingerprint density at radius 1 is 1.20 bits per heavy atom. The van der Waals surface area contributed by atoms with E-state index >= 15 is 0 Å². The molecule has 0 amide bonds. The summed E-state index contributed by atoms with van der Waals surface area (Å²) in [5.74, 6) is 1.79. The van der Waals surface area contributed by atoms with Crippen LogP contribution in [0.1, 0.15) is 11.6 Å². The number of aromatic nitrogens is 4. The number of anilines is 1. The molecule has 2 aromatic heterocycles. The second kappa shape index (κ2) is 5.49. The maximum Gasteiger partial charge on any atom is 0.160 e. The topological polar surface area (TPSA) is 60.9 Å². The summed E-state index contributed by atoms with van der Waals surface area (Å²) in [5.41, 5.74) is 1.83. The van der Waals surface area contributed by atoms with Crippen LogP contribution in [0.5, 0.6) is 0 Å². The molecule has 2 aliphatic rings. The predicted octanol–water partition coefficient (Wildman–Crippen LogP) is 2.23. The third-order valence-electron chi connectivity index (χ3n) is 5.61. The van der Waals surface area contributed by atoms with Gasteiger partial charge in [0.25, 0.3) is 0 Å². The first kappa shape index (κ1) is 14.8. The van der Waals surface area contributed by atoms with Crippen LogP contribution >= 0.6 is 0 Å². The highest BCUT2D eigenvalue weighted by atomic mass is 19.1. The number of likely N-dealkylation sites (tertiary alicyclic amines) is 1. The second-order valence-corrected chi connectivity index (χ2v) is 7.10. The number of hydrogen-bond donors (Lipinski definition) is 1. The van der Waals surface area contributed by atoms with Crippen LogP contribution in [0.2, 0.25) is 0 Å². The van der Waals surface area contributed by atoms with Crippen molar-refractivity contribution in [2.24, 2.45) is 11.8 Å². The van der Waals surface area contributed by atoms with E-state index in [0.717, 1.165) is 42.0 Å².